The molecule has 0 heterocycles. The maximum atomic E-state index is 8.73. The summed E-state index contributed by atoms with van der Waals surface area (Å²) >= 11 is 7.93. The number of hydrogen-bond donors (Lipinski definition) is 2. The van der Waals surface area contributed by atoms with Gasteiger partial charge in [0.1, 0.15) is 0 Å². The second kappa shape index (κ2) is 6.64. The highest BCUT2D eigenvalue weighted by atomic mass is 35.5. The molecule has 1 fully saturated rings. The van der Waals surface area contributed by atoms with Crippen LogP contribution in [0.1, 0.15) is 24.8 Å². The number of nitrogens with one attached hydrogen (secondary N) is 1. The second-order valence-electron chi connectivity index (χ2n) is 4.35. The smallest absolute Gasteiger partial charge is 0.0545 e. The van der Waals surface area contributed by atoms with Gasteiger partial charge in [-0.25, -0.2) is 0 Å². The van der Waals surface area contributed by atoms with E-state index in [4.69, 9.17) is 16.7 Å². The van der Waals surface area contributed by atoms with Gasteiger partial charge in [0.15, 0.2) is 0 Å². The Morgan fingerprint density at radius 2 is 2.24 bits per heavy atom. The molecule has 1 aliphatic carbocycles. The Kier molecular flexibility index (Phi) is 5.16. The van der Waals surface area contributed by atoms with Gasteiger partial charge < -0.3 is 10.4 Å². The van der Waals surface area contributed by atoms with Gasteiger partial charge in [0.25, 0.3) is 0 Å². The molecule has 4 heteroatoms. The molecule has 0 aromatic heterocycles. The topological polar surface area (TPSA) is 32.3 Å². The fourth-order valence-corrected chi connectivity index (χ4v) is 2.79. The molecule has 0 unspecified atom stereocenters. The largest absolute Gasteiger partial charge is 0.396 e. The van der Waals surface area contributed by atoms with Crippen LogP contribution in [-0.4, -0.2) is 23.5 Å². The first-order valence-electron chi connectivity index (χ1n) is 6.05. The average Bonchev–Trinajstić information content (AvgIpc) is 3.13. The van der Waals surface area contributed by atoms with E-state index in [1.807, 2.05) is 6.07 Å². The third-order valence-corrected chi connectivity index (χ3v) is 4.31. The summed E-state index contributed by atoms with van der Waals surface area (Å²) in [5, 5.41) is 13.0. The van der Waals surface area contributed by atoms with Crippen molar-refractivity contribution in [2.45, 2.75) is 36.7 Å². The summed E-state index contributed by atoms with van der Waals surface area (Å²) in [7, 11) is 0. The average molecular weight is 272 g/mol. The van der Waals surface area contributed by atoms with E-state index in [2.05, 4.69) is 17.4 Å². The van der Waals surface area contributed by atoms with Gasteiger partial charge in [0.05, 0.1) is 5.02 Å². The summed E-state index contributed by atoms with van der Waals surface area (Å²) in [6, 6.07) is 6.97. The Labute approximate surface area is 112 Å². The van der Waals surface area contributed by atoms with Gasteiger partial charge in [-0.1, -0.05) is 17.7 Å². The molecule has 1 aliphatic rings. The molecule has 2 nitrogen and oxygen atoms in total. The number of thioether (sulfide) groups is 1. The lowest BCUT2D eigenvalue weighted by Crippen LogP contribution is -2.15. The molecule has 94 valence electrons. The Hall–Kier alpha value is -0.220. The quantitative estimate of drug-likeness (QED) is 0.591. The SMILES string of the molecule is OCCCSc1ccc(CNC2CC2)cc1Cl. The Morgan fingerprint density at radius 1 is 1.41 bits per heavy atom. The van der Waals surface area contributed by atoms with Gasteiger partial charge in [-0.2, -0.15) is 0 Å². The van der Waals surface area contributed by atoms with Crippen molar-refractivity contribution in [3.8, 4) is 0 Å². The summed E-state index contributed by atoms with van der Waals surface area (Å²) in [5.74, 6) is 0.913. The number of rotatable bonds is 7. The Balaban J connectivity index is 1.85. The predicted molar refractivity (Wildman–Crippen MR) is 73.7 cm³/mol. The molecule has 1 aromatic carbocycles. The van der Waals surface area contributed by atoms with Gasteiger partial charge in [-0.05, 0) is 37.0 Å². The minimum atomic E-state index is 0.244. The van der Waals surface area contributed by atoms with Crippen LogP contribution in [0.3, 0.4) is 0 Å². The molecule has 1 saturated carbocycles. The minimum absolute atomic E-state index is 0.244. The number of benzene rings is 1. The third-order valence-electron chi connectivity index (χ3n) is 2.73. The molecule has 17 heavy (non-hydrogen) atoms. The predicted octanol–water partition coefficient (Wildman–Crippen LogP) is 3.07. The standard InChI is InChI=1S/C13H18ClNOS/c14-12-8-10(9-15-11-3-4-11)2-5-13(12)17-7-1-6-16/h2,5,8,11,15-16H,1,3-4,6-7,9H2. The van der Waals surface area contributed by atoms with Crippen molar-refractivity contribution in [1.82, 2.24) is 5.32 Å². The van der Waals surface area contributed by atoms with Crippen molar-refractivity contribution in [2.75, 3.05) is 12.4 Å². The molecule has 0 saturated heterocycles. The molecular weight excluding hydrogens is 254 g/mol. The van der Waals surface area contributed by atoms with Crippen molar-refractivity contribution < 1.29 is 5.11 Å². The zero-order valence-corrected chi connectivity index (χ0v) is 11.4. The molecule has 2 rings (SSSR count). The third kappa shape index (κ3) is 4.51. The van der Waals surface area contributed by atoms with E-state index in [-0.39, 0.29) is 6.61 Å². The lowest BCUT2D eigenvalue weighted by molar-refractivity contribution is 0.296. The Morgan fingerprint density at radius 3 is 2.88 bits per heavy atom. The molecule has 0 aliphatic heterocycles. The lowest BCUT2D eigenvalue weighted by atomic mass is 10.2. The second-order valence-corrected chi connectivity index (χ2v) is 5.89. The van der Waals surface area contributed by atoms with Gasteiger partial charge in [-0.15, -0.1) is 11.8 Å². The van der Waals surface area contributed by atoms with E-state index >= 15 is 0 Å². The van der Waals surface area contributed by atoms with Crippen LogP contribution in [0.25, 0.3) is 0 Å². The van der Waals surface area contributed by atoms with Gasteiger partial charge in [-0.3, -0.25) is 0 Å². The van der Waals surface area contributed by atoms with Gasteiger partial charge in [0.2, 0.25) is 0 Å². The van der Waals surface area contributed by atoms with Crippen LogP contribution in [0, 0.1) is 0 Å². The fourth-order valence-electron chi connectivity index (χ4n) is 1.57. The van der Waals surface area contributed by atoms with Crippen molar-refractivity contribution >= 4 is 23.4 Å². The first kappa shape index (κ1) is 13.2. The maximum absolute atomic E-state index is 8.73. The van der Waals surface area contributed by atoms with Crippen molar-refractivity contribution in [3.63, 3.8) is 0 Å². The van der Waals surface area contributed by atoms with Crippen LogP contribution in [0.2, 0.25) is 5.02 Å². The number of aliphatic hydroxyl groups excluding tert-OH is 1. The number of halogens is 1. The molecule has 2 N–H and O–H groups in total. The van der Waals surface area contributed by atoms with Crippen molar-refractivity contribution in [3.05, 3.63) is 28.8 Å². The van der Waals surface area contributed by atoms with E-state index in [1.54, 1.807) is 11.8 Å². The maximum Gasteiger partial charge on any atom is 0.0545 e. The van der Waals surface area contributed by atoms with Crippen LogP contribution < -0.4 is 5.32 Å². The van der Waals surface area contributed by atoms with Gasteiger partial charge in [0, 0.05) is 29.8 Å². The van der Waals surface area contributed by atoms with Crippen LogP contribution in [0.5, 0.6) is 0 Å². The zero-order chi connectivity index (χ0) is 12.1. The Bertz CT molecular complexity index is 368. The van der Waals surface area contributed by atoms with E-state index in [9.17, 15) is 0 Å². The molecule has 0 amide bonds. The van der Waals surface area contributed by atoms with E-state index in [0.717, 1.165) is 34.7 Å². The number of hydrogen-bond acceptors (Lipinski definition) is 3. The summed E-state index contributed by atoms with van der Waals surface area (Å²) in [4.78, 5) is 1.11. The lowest BCUT2D eigenvalue weighted by Gasteiger charge is -2.07. The van der Waals surface area contributed by atoms with Crippen LogP contribution >= 0.6 is 23.4 Å². The van der Waals surface area contributed by atoms with E-state index in [1.165, 1.54) is 18.4 Å². The zero-order valence-electron chi connectivity index (χ0n) is 9.79. The molecule has 0 spiro atoms. The minimum Gasteiger partial charge on any atom is -0.396 e. The van der Waals surface area contributed by atoms with Crippen molar-refractivity contribution in [2.24, 2.45) is 0 Å². The molecule has 0 bridgehead atoms. The molecule has 1 aromatic rings. The van der Waals surface area contributed by atoms with Crippen molar-refractivity contribution in [1.29, 1.82) is 0 Å². The number of aliphatic hydroxyl groups is 1. The molecular formula is C13H18ClNOS. The summed E-state index contributed by atoms with van der Waals surface area (Å²) in [6.07, 6.45) is 3.43. The monoisotopic (exact) mass is 271 g/mol. The van der Waals surface area contributed by atoms with E-state index < -0.39 is 0 Å². The van der Waals surface area contributed by atoms with E-state index in [0.29, 0.717) is 0 Å². The van der Waals surface area contributed by atoms with Gasteiger partial charge >= 0.3 is 0 Å². The van der Waals surface area contributed by atoms with Crippen LogP contribution in [0.4, 0.5) is 0 Å². The molecule has 0 atom stereocenters. The fraction of sp³-hybridized carbons (Fsp3) is 0.538. The normalized spacial score (nSPS) is 15.2. The highest BCUT2D eigenvalue weighted by Crippen LogP contribution is 2.28. The summed E-state index contributed by atoms with van der Waals surface area (Å²) < 4.78 is 0. The molecule has 0 radical (unpaired) electrons. The highest BCUT2D eigenvalue weighted by Gasteiger charge is 2.19. The first-order valence-corrected chi connectivity index (χ1v) is 7.41. The summed E-state index contributed by atoms with van der Waals surface area (Å²) in [6.45, 7) is 1.15. The summed E-state index contributed by atoms with van der Waals surface area (Å²) in [5.41, 5.74) is 1.24. The first-order chi connectivity index (χ1) is 8.29. The van der Waals surface area contributed by atoms with Crippen LogP contribution in [-0.2, 0) is 6.54 Å². The highest BCUT2D eigenvalue weighted by molar-refractivity contribution is 7.99. The van der Waals surface area contributed by atoms with Crippen LogP contribution in [0.15, 0.2) is 23.1 Å².